The summed E-state index contributed by atoms with van der Waals surface area (Å²) < 4.78 is 0. The largest absolute Gasteiger partial charge is 0.389 e. The standard InChI is InChI=1S/C13H30N2O/c1-6-8-14-9-12(3)10-15(7-2)11-13(4,5)16/h12,14,16H,6-11H2,1-5H3. The summed E-state index contributed by atoms with van der Waals surface area (Å²) in [5.41, 5.74) is -0.591. The Kier molecular flexibility index (Phi) is 7.98. The average molecular weight is 230 g/mol. The quantitative estimate of drug-likeness (QED) is 0.592. The van der Waals surface area contributed by atoms with Gasteiger partial charge in [0.25, 0.3) is 0 Å². The Labute approximate surface area is 101 Å². The highest BCUT2D eigenvalue weighted by molar-refractivity contribution is 4.73. The highest BCUT2D eigenvalue weighted by Crippen LogP contribution is 2.07. The van der Waals surface area contributed by atoms with Crippen molar-refractivity contribution in [1.82, 2.24) is 10.2 Å². The summed E-state index contributed by atoms with van der Waals surface area (Å²) in [4.78, 5) is 2.32. The van der Waals surface area contributed by atoms with Gasteiger partial charge in [0.15, 0.2) is 0 Å². The predicted octanol–water partition coefficient (Wildman–Crippen LogP) is 1.71. The summed E-state index contributed by atoms with van der Waals surface area (Å²) >= 11 is 0. The first-order valence-corrected chi connectivity index (χ1v) is 6.54. The number of likely N-dealkylation sites (N-methyl/N-ethyl adjacent to an activating group) is 1. The van der Waals surface area contributed by atoms with Crippen molar-refractivity contribution in [2.45, 2.75) is 46.6 Å². The second kappa shape index (κ2) is 8.04. The van der Waals surface area contributed by atoms with Crippen LogP contribution in [0.15, 0.2) is 0 Å². The maximum absolute atomic E-state index is 9.79. The van der Waals surface area contributed by atoms with E-state index in [0.29, 0.717) is 5.92 Å². The molecule has 0 aliphatic heterocycles. The van der Waals surface area contributed by atoms with Gasteiger partial charge in [0.1, 0.15) is 0 Å². The highest BCUT2D eigenvalue weighted by atomic mass is 16.3. The molecule has 1 unspecified atom stereocenters. The SMILES string of the molecule is CCCNCC(C)CN(CC)CC(C)(C)O. The minimum absolute atomic E-state index is 0.591. The second-order valence-electron chi connectivity index (χ2n) is 5.45. The van der Waals surface area contributed by atoms with Crippen LogP contribution in [0.25, 0.3) is 0 Å². The molecule has 0 aliphatic carbocycles. The molecule has 0 aromatic rings. The Bertz CT molecular complexity index is 166. The first-order chi connectivity index (χ1) is 7.39. The maximum atomic E-state index is 9.79. The van der Waals surface area contributed by atoms with Crippen LogP contribution in [0.4, 0.5) is 0 Å². The molecule has 0 fully saturated rings. The molecule has 98 valence electrons. The summed E-state index contributed by atoms with van der Waals surface area (Å²) in [6, 6.07) is 0. The molecule has 0 saturated carbocycles. The third-order valence-corrected chi connectivity index (χ3v) is 2.55. The van der Waals surface area contributed by atoms with Crippen molar-refractivity contribution in [3.8, 4) is 0 Å². The van der Waals surface area contributed by atoms with Crippen molar-refractivity contribution in [3.05, 3.63) is 0 Å². The molecule has 0 aliphatic rings. The summed E-state index contributed by atoms with van der Waals surface area (Å²) in [5.74, 6) is 0.633. The molecule has 3 heteroatoms. The molecule has 0 heterocycles. The second-order valence-corrected chi connectivity index (χ2v) is 5.45. The van der Waals surface area contributed by atoms with Gasteiger partial charge in [-0.25, -0.2) is 0 Å². The van der Waals surface area contributed by atoms with Gasteiger partial charge in [0, 0.05) is 13.1 Å². The van der Waals surface area contributed by atoms with E-state index in [1.165, 1.54) is 6.42 Å². The first kappa shape index (κ1) is 15.9. The Morgan fingerprint density at radius 1 is 1.31 bits per heavy atom. The third kappa shape index (κ3) is 9.13. The molecule has 1 atom stereocenters. The third-order valence-electron chi connectivity index (χ3n) is 2.55. The van der Waals surface area contributed by atoms with Gasteiger partial charge in [-0.05, 0) is 45.8 Å². The Morgan fingerprint density at radius 2 is 1.94 bits per heavy atom. The summed E-state index contributed by atoms with van der Waals surface area (Å²) in [5, 5.41) is 13.2. The van der Waals surface area contributed by atoms with Crippen molar-refractivity contribution in [1.29, 1.82) is 0 Å². The van der Waals surface area contributed by atoms with E-state index in [4.69, 9.17) is 0 Å². The van der Waals surface area contributed by atoms with Gasteiger partial charge in [0.05, 0.1) is 5.60 Å². The van der Waals surface area contributed by atoms with Crippen LogP contribution < -0.4 is 5.32 Å². The Balaban J connectivity index is 3.83. The van der Waals surface area contributed by atoms with Gasteiger partial charge in [-0.15, -0.1) is 0 Å². The van der Waals surface area contributed by atoms with Crippen molar-refractivity contribution in [3.63, 3.8) is 0 Å². The van der Waals surface area contributed by atoms with Crippen LogP contribution >= 0.6 is 0 Å². The number of rotatable bonds is 9. The lowest BCUT2D eigenvalue weighted by atomic mass is 10.1. The molecule has 0 radical (unpaired) electrons. The van der Waals surface area contributed by atoms with E-state index in [0.717, 1.165) is 32.7 Å². The smallest absolute Gasteiger partial charge is 0.0718 e. The zero-order valence-electron chi connectivity index (χ0n) is 11.7. The lowest BCUT2D eigenvalue weighted by Crippen LogP contribution is -2.42. The van der Waals surface area contributed by atoms with E-state index >= 15 is 0 Å². The fraction of sp³-hybridized carbons (Fsp3) is 1.00. The van der Waals surface area contributed by atoms with Gasteiger partial charge < -0.3 is 15.3 Å². The van der Waals surface area contributed by atoms with Crippen molar-refractivity contribution >= 4 is 0 Å². The molecule has 0 spiro atoms. The lowest BCUT2D eigenvalue weighted by Gasteiger charge is -2.30. The lowest BCUT2D eigenvalue weighted by molar-refractivity contribution is 0.0336. The van der Waals surface area contributed by atoms with Crippen molar-refractivity contribution in [2.75, 3.05) is 32.7 Å². The van der Waals surface area contributed by atoms with E-state index in [1.807, 2.05) is 13.8 Å². The molecule has 16 heavy (non-hydrogen) atoms. The molecular weight excluding hydrogens is 200 g/mol. The van der Waals surface area contributed by atoms with Crippen molar-refractivity contribution in [2.24, 2.45) is 5.92 Å². The van der Waals surface area contributed by atoms with Crippen LogP contribution in [0, 0.1) is 5.92 Å². The summed E-state index contributed by atoms with van der Waals surface area (Å²) in [6.45, 7) is 15.3. The summed E-state index contributed by atoms with van der Waals surface area (Å²) in [7, 11) is 0. The van der Waals surface area contributed by atoms with Crippen LogP contribution in [0.1, 0.15) is 41.0 Å². The maximum Gasteiger partial charge on any atom is 0.0718 e. The Morgan fingerprint density at radius 3 is 2.38 bits per heavy atom. The Hall–Kier alpha value is -0.120. The molecule has 0 rings (SSSR count). The number of nitrogens with zero attached hydrogens (tertiary/aromatic N) is 1. The fourth-order valence-corrected chi connectivity index (χ4v) is 1.88. The molecular formula is C13H30N2O. The molecule has 0 amide bonds. The van der Waals surface area contributed by atoms with Crippen molar-refractivity contribution < 1.29 is 5.11 Å². The predicted molar refractivity (Wildman–Crippen MR) is 70.7 cm³/mol. The molecule has 0 saturated heterocycles. The van der Waals surface area contributed by atoms with Crippen LogP contribution in [0.5, 0.6) is 0 Å². The minimum Gasteiger partial charge on any atom is -0.389 e. The van der Waals surface area contributed by atoms with Crippen LogP contribution in [-0.4, -0.2) is 48.3 Å². The zero-order valence-corrected chi connectivity index (χ0v) is 11.7. The van der Waals surface area contributed by atoms with Gasteiger partial charge >= 0.3 is 0 Å². The van der Waals surface area contributed by atoms with E-state index in [-0.39, 0.29) is 0 Å². The molecule has 0 bridgehead atoms. The van der Waals surface area contributed by atoms with E-state index in [9.17, 15) is 5.11 Å². The van der Waals surface area contributed by atoms with Gasteiger partial charge in [-0.2, -0.15) is 0 Å². The fourth-order valence-electron chi connectivity index (χ4n) is 1.88. The number of aliphatic hydroxyl groups is 1. The van der Waals surface area contributed by atoms with E-state index < -0.39 is 5.60 Å². The average Bonchev–Trinajstić information content (AvgIpc) is 2.15. The first-order valence-electron chi connectivity index (χ1n) is 6.54. The van der Waals surface area contributed by atoms with Gasteiger partial charge in [-0.3, -0.25) is 0 Å². The van der Waals surface area contributed by atoms with Crippen LogP contribution in [0.2, 0.25) is 0 Å². The topological polar surface area (TPSA) is 35.5 Å². The molecule has 0 aromatic heterocycles. The van der Waals surface area contributed by atoms with Crippen LogP contribution in [0.3, 0.4) is 0 Å². The highest BCUT2D eigenvalue weighted by Gasteiger charge is 2.18. The van der Waals surface area contributed by atoms with E-state index in [2.05, 4.69) is 31.0 Å². The number of hydrogen-bond donors (Lipinski definition) is 2. The minimum atomic E-state index is -0.591. The number of hydrogen-bond acceptors (Lipinski definition) is 3. The van der Waals surface area contributed by atoms with E-state index in [1.54, 1.807) is 0 Å². The van der Waals surface area contributed by atoms with Gasteiger partial charge in [0.2, 0.25) is 0 Å². The normalized spacial score (nSPS) is 14.4. The number of nitrogens with one attached hydrogen (secondary N) is 1. The van der Waals surface area contributed by atoms with Crippen LogP contribution in [-0.2, 0) is 0 Å². The van der Waals surface area contributed by atoms with Gasteiger partial charge in [-0.1, -0.05) is 20.8 Å². The zero-order chi connectivity index (χ0) is 12.6. The molecule has 2 N–H and O–H groups in total. The molecule has 0 aromatic carbocycles. The monoisotopic (exact) mass is 230 g/mol. The molecule has 3 nitrogen and oxygen atoms in total. The summed E-state index contributed by atoms with van der Waals surface area (Å²) in [6.07, 6.45) is 1.19.